The van der Waals surface area contributed by atoms with Gasteiger partial charge in [-0.1, -0.05) is 19.8 Å². The predicted octanol–water partition coefficient (Wildman–Crippen LogP) is 3.81. The molecule has 0 saturated carbocycles. The number of hydrogen-bond donors (Lipinski definition) is 1. The summed E-state index contributed by atoms with van der Waals surface area (Å²) in [5.74, 6) is -0.342. The van der Waals surface area contributed by atoms with Gasteiger partial charge in [0.2, 0.25) is 10.0 Å². The third-order valence-electron chi connectivity index (χ3n) is 6.24. The van der Waals surface area contributed by atoms with Crippen molar-refractivity contribution in [3.63, 3.8) is 0 Å². The first-order chi connectivity index (χ1) is 15.4. The van der Waals surface area contributed by atoms with Gasteiger partial charge < -0.3 is 5.32 Å². The minimum absolute atomic E-state index is 0.208. The number of amides is 1. The molecule has 4 rings (SSSR count). The Hall–Kier alpha value is -2.25. The number of fused-ring (bicyclic) bond motifs is 1. The summed E-state index contributed by atoms with van der Waals surface area (Å²) < 4.78 is 27.4. The molecule has 1 aromatic heterocycles. The molecule has 2 aliphatic rings. The zero-order chi connectivity index (χ0) is 22.7. The van der Waals surface area contributed by atoms with Crippen LogP contribution in [0.4, 0.5) is 5.00 Å². The molecule has 1 aromatic carbocycles. The average molecular weight is 473 g/mol. The monoisotopic (exact) mass is 472 g/mol. The first kappa shape index (κ1) is 22.9. The number of thiophene rings is 1. The zero-order valence-electron chi connectivity index (χ0n) is 18.3. The third kappa shape index (κ3) is 4.59. The highest BCUT2D eigenvalue weighted by Crippen LogP contribution is 2.36. The molecule has 2 aromatic rings. The molecule has 2 aliphatic heterocycles. The first-order valence-electron chi connectivity index (χ1n) is 11.1. The Morgan fingerprint density at radius 1 is 1.12 bits per heavy atom. The molecule has 9 heteroatoms. The minimum atomic E-state index is -3.55. The standard InChI is InChI=1S/C23H28N4O3S2/c1-2-26-14-11-19-20(15-24)23(31-21(19)16-26)25-22(28)17-7-9-18(10-8-17)32(29,30)27-12-5-3-4-6-13-27/h7-10H,2-6,11-14,16H2,1H3,(H,25,28). The fourth-order valence-electron chi connectivity index (χ4n) is 4.32. The van der Waals surface area contributed by atoms with Crippen molar-refractivity contribution in [2.24, 2.45) is 0 Å². The lowest BCUT2D eigenvalue weighted by atomic mass is 10.0. The second-order valence-corrected chi connectivity index (χ2v) is 11.3. The molecule has 3 heterocycles. The van der Waals surface area contributed by atoms with Gasteiger partial charge in [0.1, 0.15) is 11.1 Å². The van der Waals surface area contributed by atoms with Crippen molar-refractivity contribution < 1.29 is 13.2 Å². The van der Waals surface area contributed by atoms with Crippen LogP contribution >= 0.6 is 11.3 Å². The smallest absolute Gasteiger partial charge is 0.256 e. The Balaban J connectivity index is 1.50. The molecule has 1 N–H and O–H groups in total. The summed E-state index contributed by atoms with van der Waals surface area (Å²) in [5.41, 5.74) is 1.95. The lowest BCUT2D eigenvalue weighted by Crippen LogP contribution is -2.31. The predicted molar refractivity (Wildman–Crippen MR) is 125 cm³/mol. The van der Waals surface area contributed by atoms with Gasteiger partial charge in [-0.25, -0.2) is 8.42 Å². The van der Waals surface area contributed by atoms with E-state index in [0.29, 0.717) is 29.2 Å². The van der Waals surface area contributed by atoms with Gasteiger partial charge in [-0.15, -0.1) is 11.3 Å². The molecule has 0 spiro atoms. The summed E-state index contributed by atoms with van der Waals surface area (Å²) >= 11 is 1.46. The van der Waals surface area contributed by atoms with Gasteiger partial charge >= 0.3 is 0 Å². The Morgan fingerprint density at radius 3 is 2.44 bits per heavy atom. The minimum Gasteiger partial charge on any atom is -0.312 e. The normalized spacial score (nSPS) is 17.9. The molecule has 7 nitrogen and oxygen atoms in total. The van der Waals surface area contributed by atoms with Crippen LogP contribution in [0.15, 0.2) is 29.2 Å². The van der Waals surface area contributed by atoms with Crippen LogP contribution in [0, 0.1) is 11.3 Å². The molecule has 0 unspecified atom stereocenters. The number of nitrogens with zero attached hydrogens (tertiary/aromatic N) is 3. The van der Waals surface area contributed by atoms with Crippen molar-refractivity contribution >= 4 is 32.3 Å². The molecule has 1 saturated heterocycles. The van der Waals surface area contributed by atoms with Crippen molar-refractivity contribution in [3.05, 3.63) is 45.8 Å². The fraction of sp³-hybridized carbons (Fsp3) is 0.478. The van der Waals surface area contributed by atoms with Crippen LogP contribution < -0.4 is 5.32 Å². The Labute approximate surface area is 193 Å². The SMILES string of the molecule is CCN1CCc2c(sc(NC(=O)c3ccc(S(=O)(=O)N4CCCCCC4)cc3)c2C#N)C1. The number of rotatable bonds is 5. The number of nitrogens with one attached hydrogen (secondary N) is 1. The molecular weight excluding hydrogens is 444 g/mol. The summed E-state index contributed by atoms with van der Waals surface area (Å²) in [6.45, 7) is 5.86. The van der Waals surface area contributed by atoms with E-state index in [-0.39, 0.29) is 10.8 Å². The maximum Gasteiger partial charge on any atom is 0.256 e. The number of carbonyl (C=O) groups is 1. The molecule has 1 fully saturated rings. The number of hydrogen-bond acceptors (Lipinski definition) is 6. The maximum absolute atomic E-state index is 12.9. The maximum atomic E-state index is 12.9. The molecule has 0 aliphatic carbocycles. The highest BCUT2D eigenvalue weighted by Gasteiger charge is 2.27. The van der Waals surface area contributed by atoms with E-state index in [4.69, 9.17) is 0 Å². The number of anilines is 1. The van der Waals surface area contributed by atoms with Gasteiger partial charge in [0.15, 0.2) is 0 Å². The van der Waals surface area contributed by atoms with E-state index < -0.39 is 10.0 Å². The number of carbonyl (C=O) groups excluding carboxylic acids is 1. The Morgan fingerprint density at radius 2 is 1.81 bits per heavy atom. The number of nitriles is 1. The van der Waals surface area contributed by atoms with Crippen LogP contribution in [0.3, 0.4) is 0 Å². The molecule has 1 amide bonds. The molecule has 0 radical (unpaired) electrons. The highest BCUT2D eigenvalue weighted by molar-refractivity contribution is 7.89. The number of benzene rings is 1. The largest absolute Gasteiger partial charge is 0.312 e. The van der Waals surface area contributed by atoms with Crippen LogP contribution in [-0.2, 0) is 23.0 Å². The van der Waals surface area contributed by atoms with Crippen molar-refractivity contribution in [3.8, 4) is 6.07 Å². The average Bonchev–Trinajstić information content (AvgIpc) is 2.95. The van der Waals surface area contributed by atoms with E-state index in [9.17, 15) is 18.5 Å². The Bertz CT molecular complexity index is 1130. The third-order valence-corrected chi connectivity index (χ3v) is 9.29. The van der Waals surface area contributed by atoms with E-state index >= 15 is 0 Å². The zero-order valence-corrected chi connectivity index (χ0v) is 19.9. The van der Waals surface area contributed by atoms with Crippen molar-refractivity contribution in [1.29, 1.82) is 5.26 Å². The van der Waals surface area contributed by atoms with E-state index in [0.717, 1.165) is 62.2 Å². The topological polar surface area (TPSA) is 93.5 Å². The summed E-state index contributed by atoms with van der Waals surface area (Å²) in [6, 6.07) is 8.33. The van der Waals surface area contributed by atoms with E-state index in [1.807, 2.05) is 0 Å². The summed E-state index contributed by atoms with van der Waals surface area (Å²) in [4.78, 5) is 16.5. The van der Waals surface area contributed by atoms with Gasteiger partial charge in [0, 0.05) is 36.6 Å². The second kappa shape index (κ2) is 9.71. The fourth-order valence-corrected chi connectivity index (χ4v) is 7.07. The highest BCUT2D eigenvalue weighted by atomic mass is 32.2. The van der Waals surface area contributed by atoms with Gasteiger partial charge in [-0.2, -0.15) is 9.57 Å². The van der Waals surface area contributed by atoms with Gasteiger partial charge in [-0.05, 0) is 55.6 Å². The van der Waals surface area contributed by atoms with Crippen molar-refractivity contribution in [2.45, 2.75) is 50.5 Å². The molecule has 170 valence electrons. The van der Waals surface area contributed by atoms with Crippen LogP contribution in [0.1, 0.15) is 59.0 Å². The molecule has 0 bridgehead atoms. The van der Waals surface area contributed by atoms with E-state index in [1.165, 1.54) is 23.5 Å². The van der Waals surface area contributed by atoms with E-state index in [1.54, 1.807) is 16.4 Å². The van der Waals surface area contributed by atoms with E-state index in [2.05, 4.69) is 23.2 Å². The lowest BCUT2D eigenvalue weighted by Gasteiger charge is -2.24. The quantitative estimate of drug-likeness (QED) is 0.714. The van der Waals surface area contributed by atoms with Crippen LogP contribution in [-0.4, -0.2) is 49.7 Å². The van der Waals surface area contributed by atoms with Gasteiger partial charge in [-0.3, -0.25) is 9.69 Å². The first-order valence-corrected chi connectivity index (χ1v) is 13.4. The van der Waals surface area contributed by atoms with Crippen LogP contribution in [0.25, 0.3) is 0 Å². The molecule has 32 heavy (non-hydrogen) atoms. The van der Waals surface area contributed by atoms with Crippen molar-refractivity contribution in [1.82, 2.24) is 9.21 Å². The van der Waals surface area contributed by atoms with Crippen LogP contribution in [0.2, 0.25) is 0 Å². The number of likely N-dealkylation sites (N-methyl/N-ethyl adjacent to an activating group) is 1. The molecular formula is C23H28N4O3S2. The summed E-state index contributed by atoms with van der Waals surface area (Å²) in [6.07, 6.45) is 4.67. The molecule has 0 atom stereocenters. The summed E-state index contributed by atoms with van der Waals surface area (Å²) in [5, 5.41) is 13.1. The van der Waals surface area contributed by atoms with Gasteiger partial charge in [0.25, 0.3) is 5.91 Å². The van der Waals surface area contributed by atoms with Crippen LogP contribution in [0.5, 0.6) is 0 Å². The van der Waals surface area contributed by atoms with Crippen molar-refractivity contribution in [2.75, 3.05) is 31.5 Å². The number of sulfonamides is 1. The lowest BCUT2D eigenvalue weighted by molar-refractivity contribution is 0.102. The second-order valence-electron chi connectivity index (χ2n) is 8.24. The van der Waals surface area contributed by atoms with Gasteiger partial charge in [0.05, 0.1) is 10.5 Å². The summed E-state index contributed by atoms with van der Waals surface area (Å²) in [7, 11) is -3.55. The Kier molecular flexibility index (Phi) is 6.96.